The van der Waals surface area contributed by atoms with Gasteiger partial charge in [-0.25, -0.2) is 17.9 Å². The van der Waals surface area contributed by atoms with Crippen molar-refractivity contribution in [3.63, 3.8) is 0 Å². The van der Waals surface area contributed by atoms with Gasteiger partial charge in [-0.3, -0.25) is 0 Å². The Kier molecular flexibility index (Phi) is 6.79. The summed E-state index contributed by atoms with van der Waals surface area (Å²) in [6, 6.07) is 3.83. The van der Waals surface area contributed by atoms with E-state index in [1.54, 1.807) is 0 Å². The number of nitrogens with one attached hydrogen (secondary N) is 2. The summed E-state index contributed by atoms with van der Waals surface area (Å²) in [4.78, 5) is 11.2. The van der Waals surface area contributed by atoms with E-state index in [2.05, 4.69) is 10.0 Å². The smallest absolute Gasteiger partial charge is 0.337 e. The van der Waals surface area contributed by atoms with Gasteiger partial charge in [-0.1, -0.05) is 13.8 Å². The van der Waals surface area contributed by atoms with Crippen molar-refractivity contribution in [1.82, 2.24) is 4.72 Å². The molecule has 0 radical (unpaired) electrons. The molecule has 0 saturated heterocycles. The molecule has 0 amide bonds. The maximum atomic E-state index is 12.1. The van der Waals surface area contributed by atoms with Gasteiger partial charge < -0.3 is 15.5 Å². The summed E-state index contributed by atoms with van der Waals surface area (Å²) in [5.41, 5.74) is 0.114. The normalized spacial score (nSPS) is 11.6. The molecule has 0 aliphatic rings. The molecular weight excluding hydrogens is 308 g/mol. The topological polar surface area (TPSA) is 116 Å². The van der Waals surface area contributed by atoms with Gasteiger partial charge in [-0.15, -0.1) is 0 Å². The quantitative estimate of drug-likeness (QED) is 0.539. The van der Waals surface area contributed by atoms with E-state index in [9.17, 15) is 18.3 Å². The first kappa shape index (κ1) is 18.4. The highest BCUT2D eigenvalue weighted by Gasteiger charge is 2.18. The zero-order valence-corrected chi connectivity index (χ0v) is 13.5. The molecule has 0 aliphatic carbocycles. The molecule has 0 saturated carbocycles. The summed E-state index contributed by atoms with van der Waals surface area (Å²) in [5, 5.41) is 20.7. The van der Waals surface area contributed by atoms with Crippen molar-refractivity contribution in [2.75, 3.05) is 25.0 Å². The Morgan fingerprint density at radius 1 is 1.27 bits per heavy atom. The third-order valence-electron chi connectivity index (χ3n) is 2.97. The van der Waals surface area contributed by atoms with Gasteiger partial charge in [-0.05, 0) is 30.5 Å². The fourth-order valence-electron chi connectivity index (χ4n) is 1.78. The van der Waals surface area contributed by atoms with Gasteiger partial charge >= 0.3 is 5.97 Å². The van der Waals surface area contributed by atoms with Crippen molar-refractivity contribution in [3.05, 3.63) is 23.8 Å². The summed E-state index contributed by atoms with van der Waals surface area (Å²) in [6.45, 7) is 4.29. The van der Waals surface area contributed by atoms with Crippen LogP contribution < -0.4 is 10.0 Å². The molecule has 4 N–H and O–H groups in total. The predicted octanol–water partition coefficient (Wildman–Crippen LogP) is 1.11. The van der Waals surface area contributed by atoms with Crippen LogP contribution in [-0.4, -0.2) is 44.3 Å². The highest BCUT2D eigenvalue weighted by atomic mass is 32.2. The maximum Gasteiger partial charge on any atom is 0.337 e. The standard InChI is InChI=1S/C14H22N2O5S/c1-10(2)5-6-16-22(20,21)11-3-4-13(15-7-8-17)12(9-11)14(18)19/h3-4,9-10,15-17H,5-8H2,1-2H3,(H,18,19). The molecule has 0 aromatic heterocycles. The first-order valence-electron chi connectivity index (χ1n) is 6.99. The van der Waals surface area contributed by atoms with Crippen LogP contribution in [0.5, 0.6) is 0 Å². The Morgan fingerprint density at radius 3 is 2.50 bits per heavy atom. The van der Waals surface area contributed by atoms with Crippen molar-refractivity contribution in [1.29, 1.82) is 0 Å². The Morgan fingerprint density at radius 2 is 1.95 bits per heavy atom. The highest BCUT2D eigenvalue weighted by molar-refractivity contribution is 7.89. The molecule has 0 atom stereocenters. The Bertz CT molecular complexity index is 614. The number of carbonyl (C=O) groups is 1. The minimum Gasteiger partial charge on any atom is -0.478 e. The number of rotatable bonds is 9. The molecule has 0 spiro atoms. The number of aromatic carboxylic acids is 1. The molecule has 1 rings (SSSR count). The van der Waals surface area contributed by atoms with Crippen LogP contribution in [0.1, 0.15) is 30.6 Å². The third-order valence-corrected chi connectivity index (χ3v) is 4.43. The molecule has 0 unspecified atom stereocenters. The zero-order valence-electron chi connectivity index (χ0n) is 12.7. The molecule has 1 aromatic carbocycles. The van der Waals surface area contributed by atoms with Crippen LogP contribution in [0.15, 0.2) is 23.1 Å². The van der Waals surface area contributed by atoms with E-state index in [1.807, 2.05) is 13.8 Å². The van der Waals surface area contributed by atoms with E-state index in [1.165, 1.54) is 12.1 Å². The molecule has 0 aliphatic heterocycles. The van der Waals surface area contributed by atoms with E-state index in [0.717, 1.165) is 6.07 Å². The Hall–Kier alpha value is -1.64. The number of aliphatic hydroxyl groups excluding tert-OH is 1. The van der Waals surface area contributed by atoms with Gasteiger partial charge in [-0.2, -0.15) is 0 Å². The summed E-state index contributed by atoms with van der Waals surface area (Å²) >= 11 is 0. The summed E-state index contributed by atoms with van der Waals surface area (Å²) in [7, 11) is -3.74. The number of benzene rings is 1. The first-order chi connectivity index (χ1) is 10.3. The highest BCUT2D eigenvalue weighted by Crippen LogP contribution is 2.20. The van der Waals surface area contributed by atoms with Crippen molar-refractivity contribution in [3.8, 4) is 0 Å². The minimum absolute atomic E-state index is 0.0943. The van der Waals surface area contributed by atoms with E-state index in [4.69, 9.17) is 5.11 Å². The fraction of sp³-hybridized carbons (Fsp3) is 0.500. The lowest BCUT2D eigenvalue weighted by atomic mass is 10.1. The first-order valence-corrected chi connectivity index (χ1v) is 8.48. The predicted molar refractivity (Wildman–Crippen MR) is 83.6 cm³/mol. The number of sulfonamides is 1. The van der Waals surface area contributed by atoms with Gasteiger partial charge in [0.15, 0.2) is 0 Å². The second-order valence-electron chi connectivity index (χ2n) is 5.24. The third kappa shape index (κ3) is 5.28. The Balaban J connectivity index is 3.00. The van der Waals surface area contributed by atoms with Gasteiger partial charge in [0.05, 0.1) is 17.1 Å². The summed E-state index contributed by atoms with van der Waals surface area (Å²) in [5.74, 6) is -0.873. The van der Waals surface area contributed by atoms with Crippen LogP contribution in [0, 0.1) is 5.92 Å². The number of hydrogen-bond donors (Lipinski definition) is 4. The maximum absolute atomic E-state index is 12.1. The van der Waals surface area contributed by atoms with Crippen LogP contribution in [0.2, 0.25) is 0 Å². The van der Waals surface area contributed by atoms with Gasteiger partial charge in [0.2, 0.25) is 10.0 Å². The van der Waals surface area contributed by atoms with Gasteiger partial charge in [0, 0.05) is 18.8 Å². The lowest BCUT2D eigenvalue weighted by Crippen LogP contribution is -2.26. The number of carboxylic acids is 1. The van der Waals surface area contributed by atoms with E-state index in [-0.39, 0.29) is 29.3 Å². The van der Waals surface area contributed by atoms with E-state index in [0.29, 0.717) is 18.9 Å². The van der Waals surface area contributed by atoms with Crippen LogP contribution >= 0.6 is 0 Å². The van der Waals surface area contributed by atoms with Crippen molar-refractivity contribution in [2.24, 2.45) is 5.92 Å². The van der Waals surface area contributed by atoms with Crippen LogP contribution in [0.3, 0.4) is 0 Å². The van der Waals surface area contributed by atoms with Crippen molar-refractivity contribution >= 4 is 21.7 Å². The zero-order chi connectivity index (χ0) is 16.8. The second-order valence-corrected chi connectivity index (χ2v) is 7.01. The Labute approximate surface area is 130 Å². The summed E-state index contributed by atoms with van der Waals surface area (Å²) < 4.78 is 26.8. The summed E-state index contributed by atoms with van der Waals surface area (Å²) in [6.07, 6.45) is 0.696. The molecule has 0 heterocycles. The molecule has 124 valence electrons. The molecule has 0 bridgehead atoms. The van der Waals surface area contributed by atoms with Crippen LogP contribution in [0.4, 0.5) is 5.69 Å². The number of carboxylic acid groups (broad SMARTS) is 1. The molecule has 22 heavy (non-hydrogen) atoms. The fourth-order valence-corrected chi connectivity index (χ4v) is 2.85. The van der Waals surface area contributed by atoms with E-state index < -0.39 is 16.0 Å². The van der Waals surface area contributed by atoms with E-state index >= 15 is 0 Å². The SMILES string of the molecule is CC(C)CCNS(=O)(=O)c1ccc(NCCO)c(C(=O)O)c1. The molecule has 0 fully saturated rings. The van der Waals surface area contributed by atoms with Gasteiger partial charge in [0.1, 0.15) is 0 Å². The number of anilines is 1. The largest absolute Gasteiger partial charge is 0.478 e. The van der Waals surface area contributed by atoms with Crippen molar-refractivity contribution < 1.29 is 23.4 Å². The second kappa shape index (κ2) is 8.11. The lowest BCUT2D eigenvalue weighted by molar-refractivity contribution is 0.0697. The molecule has 7 nitrogen and oxygen atoms in total. The van der Waals surface area contributed by atoms with Gasteiger partial charge in [0.25, 0.3) is 0 Å². The average molecular weight is 330 g/mol. The minimum atomic E-state index is -3.74. The lowest BCUT2D eigenvalue weighted by Gasteiger charge is -2.12. The molecule has 8 heteroatoms. The van der Waals surface area contributed by atoms with Crippen LogP contribution in [0.25, 0.3) is 0 Å². The molecule has 1 aromatic rings. The van der Waals surface area contributed by atoms with Crippen molar-refractivity contribution in [2.45, 2.75) is 25.2 Å². The number of aliphatic hydroxyl groups is 1. The van der Waals surface area contributed by atoms with Crippen LogP contribution in [-0.2, 0) is 10.0 Å². The number of hydrogen-bond acceptors (Lipinski definition) is 5. The monoisotopic (exact) mass is 330 g/mol. The average Bonchev–Trinajstić information content (AvgIpc) is 2.44. The molecular formula is C14H22N2O5S.